The lowest BCUT2D eigenvalue weighted by molar-refractivity contribution is -0.111. The lowest BCUT2D eigenvalue weighted by Crippen LogP contribution is -2.09. The summed E-state index contributed by atoms with van der Waals surface area (Å²) in [5, 5.41) is 3.19. The van der Waals surface area contributed by atoms with Gasteiger partial charge in [-0.15, -0.1) is 0 Å². The fraction of sp³-hybridized carbons (Fsp3) is 0.0476. The van der Waals surface area contributed by atoms with E-state index in [9.17, 15) is 4.79 Å². The van der Waals surface area contributed by atoms with E-state index < -0.39 is 0 Å². The number of carbonyl (C=O) groups excluding carboxylic acids is 1. The molecular weight excluding hydrogens is 360 g/mol. The van der Waals surface area contributed by atoms with Crippen molar-refractivity contribution in [2.24, 2.45) is 5.73 Å². The molecule has 1 heterocycles. The fourth-order valence-corrected chi connectivity index (χ4v) is 2.83. The van der Waals surface area contributed by atoms with Gasteiger partial charge in [-0.05, 0) is 58.7 Å². The number of aromatic nitrogens is 1. The van der Waals surface area contributed by atoms with Crippen LogP contribution in [0, 0.1) is 0 Å². The van der Waals surface area contributed by atoms with Crippen LogP contribution in [-0.2, 0) is 11.3 Å². The van der Waals surface area contributed by atoms with Gasteiger partial charge >= 0.3 is 0 Å². The van der Waals surface area contributed by atoms with Crippen LogP contribution in [0.2, 0.25) is 5.15 Å². The number of carbonyl (C=O) groups is 1. The van der Waals surface area contributed by atoms with E-state index in [1.165, 1.54) is 6.08 Å². The first-order valence-corrected chi connectivity index (χ1v) is 8.73. The van der Waals surface area contributed by atoms with Crippen molar-refractivity contribution in [1.29, 1.82) is 0 Å². The molecule has 1 aromatic heterocycles. The second kappa shape index (κ2) is 8.49. The number of anilines is 2. The first-order valence-electron chi connectivity index (χ1n) is 8.35. The monoisotopic (exact) mass is 378 g/mol. The van der Waals surface area contributed by atoms with Gasteiger partial charge in [-0.2, -0.15) is 0 Å². The topological polar surface area (TPSA) is 94.0 Å². The van der Waals surface area contributed by atoms with E-state index in [2.05, 4.69) is 10.3 Å². The number of benzene rings is 2. The number of halogens is 1. The molecule has 3 rings (SSSR count). The standard InChI is InChI=1S/C21H19ClN4O/c22-20-12-16(9-10-25-20)15-6-5-14(17(11-15)13-23)7-8-21(27)26-19-4-2-1-3-18(19)24/h1-12H,13,23-24H2,(H,26,27). The molecule has 1 amide bonds. The minimum Gasteiger partial charge on any atom is -0.397 e. The number of pyridine rings is 1. The lowest BCUT2D eigenvalue weighted by atomic mass is 9.99. The molecule has 0 aliphatic rings. The summed E-state index contributed by atoms with van der Waals surface area (Å²) in [6.45, 7) is 0.347. The summed E-state index contributed by atoms with van der Waals surface area (Å²) < 4.78 is 0. The molecule has 27 heavy (non-hydrogen) atoms. The summed E-state index contributed by atoms with van der Waals surface area (Å²) in [5.41, 5.74) is 16.6. The van der Waals surface area contributed by atoms with Crippen LogP contribution in [0.3, 0.4) is 0 Å². The van der Waals surface area contributed by atoms with E-state index in [0.717, 1.165) is 22.3 Å². The largest absolute Gasteiger partial charge is 0.397 e. The molecule has 5 N–H and O–H groups in total. The maximum atomic E-state index is 12.2. The Balaban J connectivity index is 1.79. The quantitative estimate of drug-likeness (QED) is 0.354. The molecule has 0 saturated carbocycles. The predicted molar refractivity (Wildman–Crippen MR) is 111 cm³/mol. The Morgan fingerprint density at radius 1 is 1.11 bits per heavy atom. The zero-order valence-corrected chi connectivity index (χ0v) is 15.3. The van der Waals surface area contributed by atoms with Crippen LogP contribution in [-0.4, -0.2) is 10.9 Å². The maximum absolute atomic E-state index is 12.2. The summed E-state index contributed by atoms with van der Waals surface area (Å²) in [4.78, 5) is 16.1. The van der Waals surface area contributed by atoms with Crippen LogP contribution < -0.4 is 16.8 Å². The van der Waals surface area contributed by atoms with Gasteiger partial charge in [-0.3, -0.25) is 4.79 Å². The first-order chi connectivity index (χ1) is 13.1. The van der Waals surface area contributed by atoms with E-state index in [1.807, 2.05) is 36.4 Å². The molecule has 0 aliphatic carbocycles. The van der Waals surface area contributed by atoms with E-state index in [4.69, 9.17) is 23.1 Å². The van der Waals surface area contributed by atoms with E-state index >= 15 is 0 Å². The number of nitrogen functional groups attached to an aromatic ring is 1. The van der Waals surface area contributed by atoms with Crippen molar-refractivity contribution >= 4 is 35.0 Å². The van der Waals surface area contributed by atoms with Crippen molar-refractivity contribution in [2.45, 2.75) is 6.54 Å². The highest BCUT2D eigenvalue weighted by atomic mass is 35.5. The minimum atomic E-state index is -0.263. The zero-order chi connectivity index (χ0) is 19.2. The molecule has 0 aliphatic heterocycles. The number of nitrogens with two attached hydrogens (primary N) is 2. The number of nitrogens with one attached hydrogen (secondary N) is 1. The Labute approximate surface area is 162 Å². The van der Waals surface area contributed by atoms with E-state index in [-0.39, 0.29) is 5.91 Å². The molecule has 0 fully saturated rings. The molecule has 0 unspecified atom stereocenters. The van der Waals surface area contributed by atoms with Gasteiger partial charge in [-0.1, -0.05) is 35.9 Å². The molecular formula is C21H19ClN4O. The third-order valence-corrected chi connectivity index (χ3v) is 4.26. The highest BCUT2D eigenvalue weighted by Crippen LogP contribution is 2.25. The maximum Gasteiger partial charge on any atom is 0.248 e. The number of hydrogen-bond donors (Lipinski definition) is 3. The number of nitrogens with zero attached hydrogens (tertiary/aromatic N) is 1. The normalized spacial score (nSPS) is 10.9. The Hall–Kier alpha value is -3.15. The molecule has 0 saturated heterocycles. The average Bonchev–Trinajstić information content (AvgIpc) is 2.68. The van der Waals surface area contributed by atoms with Crippen LogP contribution in [0.15, 0.2) is 66.9 Å². The average molecular weight is 379 g/mol. The van der Waals surface area contributed by atoms with Crippen LogP contribution in [0.25, 0.3) is 17.2 Å². The van der Waals surface area contributed by atoms with Gasteiger partial charge in [0.1, 0.15) is 5.15 Å². The molecule has 0 bridgehead atoms. The summed E-state index contributed by atoms with van der Waals surface area (Å²) in [5.74, 6) is -0.263. The second-order valence-corrected chi connectivity index (χ2v) is 6.28. The van der Waals surface area contributed by atoms with Crippen LogP contribution in [0.5, 0.6) is 0 Å². The molecule has 136 valence electrons. The summed E-state index contributed by atoms with van der Waals surface area (Å²) in [7, 11) is 0. The van der Waals surface area contributed by atoms with Gasteiger partial charge in [0.25, 0.3) is 0 Å². The minimum absolute atomic E-state index is 0.263. The zero-order valence-electron chi connectivity index (χ0n) is 14.5. The SMILES string of the molecule is NCc1cc(-c2ccnc(Cl)c2)ccc1C=CC(=O)Nc1ccccc1N. The Bertz CT molecular complexity index is 1000. The highest BCUT2D eigenvalue weighted by Gasteiger charge is 2.05. The van der Waals surface area contributed by atoms with Crippen molar-refractivity contribution < 1.29 is 4.79 Å². The first kappa shape index (κ1) is 18.6. The van der Waals surface area contributed by atoms with Gasteiger partial charge in [0.2, 0.25) is 5.91 Å². The van der Waals surface area contributed by atoms with Gasteiger partial charge in [-0.25, -0.2) is 4.98 Å². The van der Waals surface area contributed by atoms with E-state index in [0.29, 0.717) is 23.1 Å². The van der Waals surface area contributed by atoms with Crippen molar-refractivity contribution in [2.75, 3.05) is 11.1 Å². The number of para-hydroxylation sites is 2. The highest BCUT2D eigenvalue weighted by molar-refractivity contribution is 6.29. The third-order valence-electron chi connectivity index (χ3n) is 4.06. The molecule has 0 atom stereocenters. The summed E-state index contributed by atoms with van der Waals surface area (Å²) >= 11 is 5.96. The third kappa shape index (κ3) is 4.73. The molecule has 0 radical (unpaired) electrons. The molecule has 5 nitrogen and oxygen atoms in total. The van der Waals surface area contributed by atoms with Crippen LogP contribution in [0.1, 0.15) is 11.1 Å². The Morgan fingerprint density at radius 2 is 1.89 bits per heavy atom. The second-order valence-electron chi connectivity index (χ2n) is 5.89. The van der Waals surface area contributed by atoms with Crippen molar-refractivity contribution in [1.82, 2.24) is 4.98 Å². The van der Waals surface area contributed by atoms with Gasteiger partial charge in [0.15, 0.2) is 0 Å². The van der Waals surface area contributed by atoms with Crippen molar-refractivity contribution in [3.8, 4) is 11.1 Å². The van der Waals surface area contributed by atoms with E-state index in [1.54, 1.807) is 30.5 Å². The Kier molecular flexibility index (Phi) is 5.86. The molecule has 2 aromatic carbocycles. The van der Waals surface area contributed by atoms with Crippen molar-refractivity contribution in [3.05, 3.63) is 83.2 Å². The molecule has 0 spiro atoms. The van der Waals surface area contributed by atoms with Gasteiger partial charge in [0, 0.05) is 18.8 Å². The van der Waals surface area contributed by atoms with Gasteiger partial charge in [0.05, 0.1) is 11.4 Å². The smallest absolute Gasteiger partial charge is 0.248 e. The number of rotatable bonds is 5. The van der Waals surface area contributed by atoms with Crippen LogP contribution >= 0.6 is 11.6 Å². The number of hydrogen-bond acceptors (Lipinski definition) is 4. The predicted octanol–water partition coefficient (Wildman–Crippen LogP) is 4.09. The Morgan fingerprint density at radius 3 is 2.63 bits per heavy atom. The lowest BCUT2D eigenvalue weighted by Gasteiger charge is -2.09. The molecule has 3 aromatic rings. The van der Waals surface area contributed by atoms with Gasteiger partial charge < -0.3 is 16.8 Å². The number of amides is 1. The fourth-order valence-electron chi connectivity index (χ4n) is 2.66. The van der Waals surface area contributed by atoms with Crippen molar-refractivity contribution in [3.63, 3.8) is 0 Å². The summed E-state index contributed by atoms with van der Waals surface area (Å²) in [6, 6.07) is 16.6. The molecule has 6 heteroatoms. The summed E-state index contributed by atoms with van der Waals surface area (Å²) in [6.07, 6.45) is 4.86. The van der Waals surface area contributed by atoms with Crippen LogP contribution in [0.4, 0.5) is 11.4 Å².